The Kier molecular flexibility index (Phi) is 5.09. The fourth-order valence-corrected chi connectivity index (χ4v) is 7.88. The van der Waals surface area contributed by atoms with E-state index in [4.69, 9.17) is 19.4 Å². The predicted molar refractivity (Wildman–Crippen MR) is 185 cm³/mol. The summed E-state index contributed by atoms with van der Waals surface area (Å²) in [6.45, 7) is 0. The second-order valence-corrected chi connectivity index (χ2v) is 12.3. The Morgan fingerprint density at radius 3 is 2.07 bits per heavy atom. The van der Waals surface area contributed by atoms with Gasteiger partial charge in [-0.2, -0.15) is 9.97 Å². The van der Waals surface area contributed by atoms with Crippen LogP contribution in [0.2, 0.25) is 0 Å². The molecule has 210 valence electrons. The van der Waals surface area contributed by atoms with E-state index in [1.54, 1.807) is 0 Å². The fourth-order valence-electron chi connectivity index (χ4n) is 6.63. The SMILES string of the molecule is c1ccc(-c2nc(-c3ccc4c(c3)oc3ccccc34)nc(-n3c4ccccc4c4c5sc6ccccc6c5ccc43)n2)cc1. The minimum Gasteiger partial charge on any atom is -0.456 e. The van der Waals surface area contributed by atoms with Gasteiger partial charge in [-0.1, -0.05) is 97.1 Å². The zero-order valence-corrected chi connectivity index (χ0v) is 24.6. The van der Waals surface area contributed by atoms with E-state index in [1.807, 2.05) is 65.9 Å². The van der Waals surface area contributed by atoms with Gasteiger partial charge < -0.3 is 4.42 Å². The van der Waals surface area contributed by atoms with Crippen molar-refractivity contribution >= 4 is 75.3 Å². The molecule has 0 aliphatic rings. The Labute approximate surface area is 260 Å². The maximum atomic E-state index is 6.24. The van der Waals surface area contributed by atoms with Gasteiger partial charge in [-0.15, -0.1) is 11.3 Å². The molecule has 45 heavy (non-hydrogen) atoms. The molecule has 0 radical (unpaired) electrons. The van der Waals surface area contributed by atoms with Crippen LogP contribution in [0.1, 0.15) is 0 Å². The Morgan fingerprint density at radius 2 is 1.18 bits per heavy atom. The lowest BCUT2D eigenvalue weighted by atomic mass is 10.1. The highest BCUT2D eigenvalue weighted by atomic mass is 32.1. The first-order chi connectivity index (χ1) is 22.3. The number of fused-ring (bicyclic) bond motifs is 10. The van der Waals surface area contributed by atoms with Crippen molar-refractivity contribution in [3.05, 3.63) is 133 Å². The van der Waals surface area contributed by atoms with E-state index in [9.17, 15) is 0 Å². The third kappa shape index (κ3) is 3.63. The van der Waals surface area contributed by atoms with Crippen molar-refractivity contribution in [2.45, 2.75) is 0 Å². The maximum Gasteiger partial charge on any atom is 0.238 e. The minimum absolute atomic E-state index is 0.579. The second-order valence-electron chi connectivity index (χ2n) is 11.2. The van der Waals surface area contributed by atoms with Crippen molar-refractivity contribution in [1.29, 1.82) is 0 Å². The number of hydrogen-bond acceptors (Lipinski definition) is 5. The molecule has 0 atom stereocenters. The van der Waals surface area contributed by atoms with Crippen molar-refractivity contribution < 1.29 is 4.42 Å². The van der Waals surface area contributed by atoms with Crippen LogP contribution in [-0.2, 0) is 0 Å². The molecule has 10 rings (SSSR count). The van der Waals surface area contributed by atoms with E-state index in [-0.39, 0.29) is 0 Å². The monoisotopic (exact) mass is 594 g/mol. The van der Waals surface area contributed by atoms with E-state index >= 15 is 0 Å². The maximum absolute atomic E-state index is 6.24. The molecular formula is C39H22N4OS. The molecule has 0 aliphatic heterocycles. The van der Waals surface area contributed by atoms with Gasteiger partial charge >= 0.3 is 0 Å². The largest absolute Gasteiger partial charge is 0.456 e. The van der Waals surface area contributed by atoms with E-state index in [2.05, 4.69) is 83.4 Å². The van der Waals surface area contributed by atoms with Gasteiger partial charge in [-0.05, 0) is 36.4 Å². The lowest BCUT2D eigenvalue weighted by molar-refractivity contribution is 0.669. The molecule has 0 aliphatic carbocycles. The Bertz CT molecular complexity index is 2770. The molecule has 0 amide bonds. The number of rotatable bonds is 3. The Hall–Kier alpha value is -5.85. The van der Waals surface area contributed by atoms with Crippen LogP contribution in [0.15, 0.2) is 138 Å². The molecule has 0 spiro atoms. The van der Waals surface area contributed by atoms with E-state index in [0.29, 0.717) is 17.6 Å². The van der Waals surface area contributed by atoms with Crippen LogP contribution in [0.4, 0.5) is 0 Å². The summed E-state index contributed by atoms with van der Waals surface area (Å²) in [5.41, 5.74) is 5.60. The first-order valence-corrected chi connectivity index (χ1v) is 15.7. The molecule has 6 aromatic carbocycles. The first kappa shape index (κ1) is 24.6. The molecular weight excluding hydrogens is 573 g/mol. The minimum atomic E-state index is 0.579. The highest BCUT2D eigenvalue weighted by Gasteiger charge is 2.21. The van der Waals surface area contributed by atoms with Crippen LogP contribution in [0, 0.1) is 0 Å². The van der Waals surface area contributed by atoms with Gasteiger partial charge in [0.15, 0.2) is 11.6 Å². The molecule has 6 heteroatoms. The summed E-state index contributed by atoms with van der Waals surface area (Å²) in [7, 11) is 0. The quantitative estimate of drug-likeness (QED) is 0.204. The zero-order valence-electron chi connectivity index (χ0n) is 23.8. The van der Waals surface area contributed by atoms with Crippen molar-refractivity contribution in [1.82, 2.24) is 19.5 Å². The summed E-state index contributed by atoms with van der Waals surface area (Å²) < 4.78 is 11.0. The van der Waals surface area contributed by atoms with Crippen LogP contribution in [-0.4, -0.2) is 19.5 Å². The van der Waals surface area contributed by atoms with E-state index in [1.165, 1.54) is 30.9 Å². The van der Waals surface area contributed by atoms with Gasteiger partial charge in [0, 0.05) is 52.8 Å². The first-order valence-electron chi connectivity index (χ1n) is 14.9. The van der Waals surface area contributed by atoms with Gasteiger partial charge in [0.25, 0.3) is 0 Å². The Balaban J connectivity index is 1.27. The normalized spacial score (nSPS) is 12.0. The predicted octanol–water partition coefficient (Wildman–Crippen LogP) is 10.6. The number of aromatic nitrogens is 4. The van der Waals surface area contributed by atoms with Gasteiger partial charge in [-0.25, -0.2) is 4.98 Å². The van der Waals surface area contributed by atoms with Gasteiger partial charge in [0.2, 0.25) is 5.95 Å². The number of furan rings is 1. The average Bonchev–Trinajstić information content (AvgIpc) is 3.77. The van der Waals surface area contributed by atoms with Gasteiger partial charge in [0.05, 0.1) is 11.0 Å². The molecule has 5 nitrogen and oxygen atoms in total. The molecule has 10 aromatic rings. The van der Waals surface area contributed by atoms with Crippen LogP contribution in [0.3, 0.4) is 0 Å². The second kappa shape index (κ2) is 9.32. The zero-order chi connectivity index (χ0) is 29.5. The summed E-state index contributed by atoms with van der Waals surface area (Å²) in [5, 5.41) is 7.12. The van der Waals surface area contributed by atoms with Gasteiger partial charge in [0.1, 0.15) is 11.2 Å². The van der Waals surface area contributed by atoms with Crippen molar-refractivity contribution in [2.24, 2.45) is 0 Å². The third-order valence-corrected chi connectivity index (χ3v) is 9.88. The smallest absolute Gasteiger partial charge is 0.238 e. The molecule has 0 saturated heterocycles. The summed E-state index contributed by atoms with van der Waals surface area (Å²) in [6, 6.07) is 46.1. The van der Waals surface area contributed by atoms with Crippen LogP contribution in [0.5, 0.6) is 0 Å². The molecule has 0 saturated carbocycles. The average molecular weight is 595 g/mol. The van der Waals surface area contributed by atoms with Crippen molar-refractivity contribution in [3.8, 4) is 28.7 Å². The van der Waals surface area contributed by atoms with E-state index < -0.39 is 0 Å². The summed E-state index contributed by atoms with van der Waals surface area (Å²) in [5.74, 6) is 1.79. The molecule has 0 bridgehead atoms. The highest BCUT2D eigenvalue weighted by Crippen LogP contribution is 2.43. The van der Waals surface area contributed by atoms with Crippen LogP contribution >= 0.6 is 11.3 Å². The number of para-hydroxylation sites is 2. The van der Waals surface area contributed by atoms with Gasteiger partial charge in [-0.3, -0.25) is 4.57 Å². The summed E-state index contributed by atoms with van der Waals surface area (Å²) in [4.78, 5) is 15.3. The summed E-state index contributed by atoms with van der Waals surface area (Å²) in [6.07, 6.45) is 0. The Morgan fingerprint density at radius 1 is 0.489 bits per heavy atom. The lowest BCUT2D eigenvalue weighted by Gasteiger charge is -2.11. The number of thiophene rings is 1. The van der Waals surface area contributed by atoms with Crippen molar-refractivity contribution in [2.75, 3.05) is 0 Å². The number of hydrogen-bond donors (Lipinski definition) is 0. The fraction of sp³-hybridized carbons (Fsp3) is 0. The van der Waals surface area contributed by atoms with Crippen molar-refractivity contribution in [3.63, 3.8) is 0 Å². The molecule has 4 heterocycles. The summed E-state index contributed by atoms with van der Waals surface area (Å²) >= 11 is 1.84. The molecule has 0 N–H and O–H groups in total. The van der Waals surface area contributed by atoms with Crippen LogP contribution in [0.25, 0.3) is 92.6 Å². The standard InChI is InChI=1S/C39H22N4OS/c1-2-10-23(11-3-1)37-40-38(24-18-19-26-25-12-5-8-16-32(25)44-33(26)22-24)42-39(41-37)43-30-15-7-4-14-29(30)35-31(43)21-20-28-27-13-6-9-17-34(27)45-36(28)35/h1-22H. The van der Waals surface area contributed by atoms with E-state index in [0.717, 1.165) is 44.1 Å². The molecule has 0 fully saturated rings. The number of nitrogens with zero attached hydrogens (tertiary/aromatic N) is 4. The lowest BCUT2D eigenvalue weighted by Crippen LogP contribution is -2.06. The van der Waals surface area contributed by atoms with Crippen LogP contribution < -0.4 is 0 Å². The molecule has 4 aromatic heterocycles. The third-order valence-electron chi connectivity index (χ3n) is 8.67. The topological polar surface area (TPSA) is 56.7 Å². The number of benzene rings is 6. The molecule has 0 unspecified atom stereocenters. The highest BCUT2D eigenvalue weighted by molar-refractivity contribution is 7.26.